The van der Waals surface area contributed by atoms with Crippen molar-refractivity contribution in [2.75, 3.05) is 13.7 Å². The molecule has 3 nitrogen and oxygen atoms in total. The van der Waals surface area contributed by atoms with Crippen molar-refractivity contribution >= 4 is 0 Å². The van der Waals surface area contributed by atoms with Crippen LogP contribution < -0.4 is 5.32 Å². The van der Waals surface area contributed by atoms with Crippen molar-refractivity contribution < 1.29 is 9.84 Å². The maximum atomic E-state index is 10.1. The molecule has 0 aromatic carbocycles. The summed E-state index contributed by atoms with van der Waals surface area (Å²) in [6.07, 6.45) is 4.15. The normalized spacial score (nSPS) is 46.5. The maximum absolute atomic E-state index is 10.1. The highest BCUT2D eigenvalue weighted by Crippen LogP contribution is 2.33. The van der Waals surface area contributed by atoms with Gasteiger partial charge in [-0.3, -0.25) is 0 Å². The van der Waals surface area contributed by atoms with Crippen LogP contribution in [0.1, 0.15) is 25.7 Å². The predicted molar refractivity (Wildman–Crippen MR) is 46.0 cm³/mol. The van der Waals surface area contributed by atoms with Crippen molar-refractivity contribution in [2.45, 2.75) is 43.4 Å². The molecular weight excluding hydrogens is 154 g/mol. The minimum Gasteiger partial charge on any atom is -0.387 e. The van der Waals surface area contributed by atoms with E-state index in [2.05, 4.69) is 5.32 Å². The van der Waals surface area contributed by atoms with Crippen molar-refractivity contribution in [2.24, 2.45) is 0 Å². The molecule has 0 radical (unpaired) electrons. The molecule has 12 heavy (non-hydrogen) atoms. The first kappa shape index (κ1) is 8.48. The largest absolute Gasteiger partial charge is 0.387 e. The number of piperidine rings is 1. The zero-order chi connectivity index (χ0) is 8.60. The van der Waals surface area contributed by atoms with Crippen LogP contribution in [0.25, 0.3) is 0 Å². The SMILES string of the molecule is COCC1(O)CC2CCC(C1)N2. The number of methoxy groups -OCH3 is 1. The Morgan fingerprint density at radius 1 is 1.42 bits per heavy atom. The summed E-state index contributed by atoms with van der Waals surface area (Å²) in [5.41, 5.74) is -0.550. The van der Waals surface area contributed by atoms with Crippen molar-refractivity contribution in [3.63, 3.8) is 0 Å². The van der Waals surface area contributed by atoms with Crippen LogP contribution in [0.4, 0.5) is 0 Å². The summed E-state index contributed by atoms with van der Waals surface area (Å²) >= 11 is 0. The Hall–Kier alpha value is -0.120. The quantitative estimate of drug-likeness (QED) is 0.627. The summed E-state index contributed by atoms with van der Waals surface area (Å²) in [5, 5.41) is 13.6. The van der Waals surface area contributed by atoms with E-state index >= 15 is 0 Å². The third kappa shape index (κ3) is 1.49. The van der Waals surface area contributed by atoms with Crippen LogP contribution in [0.5, 0.6) is 0 Å². The highest BCUT2D eigenvalue weighted by atomic mass is 16.5. The van der Waals surface area contributed by atoms with Gasteiger partial charge in [0.25, 0.3) is 0 Å². The average molecular weight is 171 g/mol. The molecular formula is C9H17NO2. The van der Waals surface area contributed by atoms with Gasteiger partial charge in [-0.2, -0.15) is 0 Å². The number of fused-ring (bicyclic) bond motifs is 2. The highest BCUT2D eigenvalue weighted by Gasteiger charge is 2.42. The zero-order valence-corrected chi connectivity index (χ0v) is 7.55. The highest BCUT2D eigenvalue weighted by molar-refractivity contribution is 4.99. The molecule has 2 saturated heterocycles. The van der Waals surface area contributed by atoms with Crippen LogP contribution in [-0.4, -0.2) is 36.5 Å². The van der Waals surface area contributed by atoms with Crippen molar-refractivity contribution in [3.8, 4) is 0 Å². The fourth-order valence-corrected chi connectivity index (χ4v) is 2.61. The molecule has 2 fully saturated rings. The summed E-state index contributed by atoms with van der Waals surface area (Å²) in [5.74, 6) is 0. The smallest absolute Gasteiger partial charge is 0.0909 e. The van der Waals surface area contributed by atoms with Gasteiger partial charge < -0.3 is 15.2 Å². The Kier molecular flexibility index (Phi) is 2.10. The van der Waals surface area contributed by atoms with E-state index in [1.165, 1.54) is 12.8 Å². The minimum atomic E-state index is -0.550. The van der Waals surface area contributed by atoms with Crippen LogP contribution in [0, 0.1) is 0 Å². The molecule has 0 saturated carbocycles. The molecule has 0 aliphatic carbocycles. The van der Waals surface area contributed by atoms with Gasteiger partial charge in [0.2, 0.25) is 0 Å². The lowest BCUT2D eigenvalue weighted by atomic mass is 9.88. The Balaban J connectivity index is 2.00. The third-order valence-corrected chi connectivity index (χ3v) is 3.00. The lowest BCUT2D eigenvalue weighted by Crippen LogP contribution is -2.50. The summed E-state index contributed by atoms with van der Waals surface area (Å²) in [4.78, 5) is 0. The Morgan fingerprint density at radius 3 is 2.50 bits per heavy atom. The van der Waals surface area contributed by atoms with Gasteiger partial charge in [0.15, 0.2) is 0 Å². The number of aliphatic hydroxyl groups is 1. The van der Waals surface area contributed by atoms with E-state index < -0.39 is 5.60 Å². The number of nitrogens with one attached hydrogen (secondary N) is 1. The van der Waals surface area contributed by atoms with Crippen LogP contribution in [0.15, 0.2) is 0 Å². The predicted octanol–water partition coefficient (Wildman–Crippen LogP) is 0.278. The van der Waals surface area contributed by atoms with E-state index in [0.717, 1.165) is 12.8 Å². The topological polar surface area (TPSA) is 41.5 Å². The third-order valence-electron chi connectivity index (χ3n) is 3.00. The van der Waals surface area contributed by atoms with Crippen LogP contribution in [0.3, 0.4) is 0 Å². The first-order valence-electron chi connectivity index (χ1n) is 4.69. The molecule has 3 heteroatoms. The van der Waals surface area contributed by atoms with E-state index in [-0.39, 0.29) is 0 Å². The van der Waals surface area contributed by atoms with Gasteiger partial charge in [-0.1, -0.05) is 0 Å². The second-order valence-electron chi connectivity index (χ2n) is 4.20. The summed E-state index contributed by atoms with van der Waals surface area (Å²) in [6.45, 7) is 0.488. The molecule has 0 aromatic heterocycles. The van der Waals surface area contributed by atoms with Crippen molar-refractivity contribution in [1.29, 1.82) is 0 Å². The summed E-state index contributed by atoms with van der Waals surface area (Å²) < 4.78 is 5.03. The number of hydrogen-bond acceptors (Lipinski definition) is 3. The molecule has 2 N–H and O–H groups in total. The number of ether oxygens (including phenoxy) is 1. The van der Waals surface area contributed by atoms with Crippen molar-refractivity contribution in [3.05, 3.63) is 0 Å². The van der Waals surface area contributed by atoms with Gasteiger partial charge in [0.1, 0.15) is 0 Å². The second-order valence-corrected chi connectivity index (χ2v) is 4.20. The molecule has 2 atom stereocenters. The van der Waals surface area contributed by atoms with E-state index in [1.54, 1.807) is 7.11 Å². The Labute approximate surface area is 73.1 Å². The van der Waals surface area contributed by atoms with Gasteiger partial charge in [0.05, 0.1) is 12.2 Å². The number of rotatable bonds is 2. The van der Waals surface area contributed by atoms with E-state index in [1.807, 2.05) is 0 Å². The second kappa shape index (κ2) is 2.98. The fourth-order valence-electron chi connectivity index (χ4n) is 2.61. The van der Waals surface area contributed by atoms with Crippen LogP contribution >= 0.6 is 0 Å². The molecule has 0 spiro atoms. The van der Waals surface area contributed by atoms with E-state index in [9.17, 15) is 5.11 Å². The van der Waals surface area contributed by atoms with Crippen molar-refractivity contribution in [1.82, 2.24) is 5.32 Å². The molecule has 2 aliphatic heterocycles. The average Bonchev–Trinajstić information content (AvgIpc) is 2.31. The first-order valence-corrected chi connectivity index (χ1v) is 4.69. The maximum Gasteiger partial charge on any atom is 0.0909 e. The summed E-state index contributed by atoms with van der Waals surface area (Å²) in [7, 11) is 1.65. The molecule has 2 aliphatic rings. The lowest BCUT2D eigenvalue weighted by molar-refractivity contribution is -0.0626. The minimum absolute atomic E-state index is 0.488. The van der Waals surface area contributed by atoms with Gasteiger partial charge in [0, 0.05) is 19.2 Å². The van der Waals surface area contributed by atoms with Gasteiger partial charge in [-0.05, 0) is 25.7 Å². The molecule has 2 heterocycles. The molecule has 2 bridgehead atoms. The fraction of sp³-hybridized carbons (Fsp3) is 1.00. The Morgan fingerprint density at radius 2 is 2.00 bits per heavy atom. The molecule has 2 unspecified atom stereocenters. The standard InChI is InChI=1S/C9H17NO2/c1-12-6-9(11)4-7-2-3-8(5-9)10-7/h7-8,10-11H,2-6H2,1H3. The molecule has 2 rings (SSSR count). The lowest BCUT2D eigenvalue weighted by Gasteiger charge is -2.36. The Bertz CT molecular complexity index is 160. The van der Waals surface area contributed by atoms with Gasteiger partial charge >= 0.3 is 0 Å². The van der Waals surface area contributed by atoms with Gasteiger partial charge in [-0.15, -0.1) is 0 Å². The first-order chi connectivity index (χ1) is 5.72. The van der Waals surface area contributed by atoms with E-state index in [0.29, 0.717) is 18.7 Å². The number of hydrogen-bond donors (Lipinski definition) is 2. The van der Waals surface area contributed by atoms with Gasteiger partial charge in [-0.25, -0.2) is 0 Å². The molecule has 70 valence electrons. The summed E-state index contributed by atoms with van der Waals surface area (Å²) in [6, 6.07) is 1.06. The zero-order valence-electron chi connectivity index (χ0n) is 7.55. The molecule has 0 aromatic rings. The van der Waals surface area contributed by atoms with Crippen LogP contribution in [0.2, 0.25) is 0 Å². The monoisotopic (exact) mass is 171 g/mol. The van der Waals surface area contributed by atoms with E-state index in [4.69, 9.17) is 4.74 Å². The molecule has 0 amide bonds. The van der Waals surface area contributed by atoms with Crippen LogP contribution in [-0.2, 0) is 4.74 Å².